The predicted molar refractivity (Wildman–Crippen MR) is 95.0 cm³/mol. The molecule has 0 amide bonds. The van der Waals surface area contributed by atoms with E-state index in [0.29, 0.717) is 11.1 Å². The summed E-state index contributed by atoms with van der Waals surface area (Å²) in [4.78, 5) is 10.9. The number of anilines is 1. The Kier molecular flexibility index (Phi) is 3.95. The number of pyridine rings is 1. The largest absolute Gasteiger partial charge is 0.369 e. The van der Waals surface area contributed by atoms with E-state index in [0.717, 1.165) is 41.3 Å². The van der Waals surface area contributed by atoms with Gasteiger partial charge in [-0.1, -0.05) is 27.5 Å². The molecule has 0 saturated carbocycles. The molecule has 3 heterocycles. The average molecular weight is 393 g/mol. The molecule has 0 radical (unpaired) electrons. The van der Waals surface area contributed by atoms with E-state index in [2.05, 4.69) is 48.0 Å². The van der Waals surface area contributed by atoms with Crippen LogP contribution in [0.15, 0.2) is 41.5 Å². The monoisotopic (exact) mass is 391 g/mol. The van der Waals surface area contributed by atoms with Gasteiger partial charge in [-0.05, 0) is 31.0 Å². The van der Waals surface area contributed by atoms with Crippen molar-refractivity contribution in [2.45, 2.75) is 18.9 Å². The SMILES string of the molecule is Clc1cc(Br)cc2c(N3CCCC(n4cncn4)C3)ccnc12. The third kappa shape index (κ3) is 2.81. The van der Waals surface area contributed by atoms with E-state index >= 15 is 0 Å². The highest BCUT2D eigenvalue weighted by Gasteiger charge is 2.23. The van der Waals surface area contributed by atoms with Crippen LogP contribution < -0.4 is 4.90 Å². The lowest BCUT2D eigenvalue weighted by Gasteiger charge is -2.34. The quantitative estimate of drug-likeness (QED) is 0.659. The van der Waals surface area contributed by atoms with Gasteiger partial charge >= 0.3 is 0 Å². The number of benzene rings is 1. The Labute approximate surface area is 147 Å². The molecule has 0 bridgehead atoms. The van der Waals surface area contributed by atoms with Crippen LogP contribution in [-0.4, -0.2) is 32.8 Å². The van der Waals surface area contributed by atoms with E-state index in [1.165, 1.54) is 5.69 Å². The van der Waals surface area contributed by atoms with Crippen molar-refractivity contribution < 1.29 is 0 Å². The standard InChI is InChI=1S/C16H15BrClN5/c17-11-6-13-15(3-4-20-16(13)14(18)7-11)22-5-1-2-12(8-22)23-10-19-9-21-23/h3-4,6-7,9-10,12H,1-2,5,8H2. The van der Waals surface area contributed by atoms with E-state index in [9.17, 15) is 0 Å². The van der Waals surface area contributed by atoms with Crippen molar-refractivity contribution in [2.75, 3.05) is 18.0 Å². The maximum absolute atomic E-state index is 6.35. The number of rotatable bonds is 2. The fraction of sp³-hybridized carbons (Fsp3) is 0.312. The number of aromatic nitrogens is 4. The van der Waals surface area contributed by atoms with Gasteiger partial charge in [0.05, 0.1) is 16.6 Å². The van der Waals surface area contributed by atoms with Gasteiger partial charge in [0.15, 0.2) is 0 Å². The highest BCUT2D eigenvalue weighted by molar-refractivity contribution is 9.10. The summed E-state index contributed by atoms with van der Waals surface area (Å²) in [5, 5.41) is 6.04. The predicted octanol–water partition coefficient (Wildman–Crippen LogP) is 4.08. The summed E-state index contributed by atoms with van der Waals surface area (Å²) >= 11 is 9.88. The van der Waals surface area contributed by atoms with Crippen molar-refractivity contribution in [1.29, 1.82) is 0 Å². The molecule has 1 aromatic carbocycles. The first kappa shape index (κ1) is 14.9. The highest BCUT2D eigenvalue weighted by atomic mass is 79.9. The van der Waals surface area contributed by atoms with Gasteiger partial charge in [-0.25, -0.2) is 9.67 Å². The van der Waals surface area contributed by atoms with Crippen LogP contribution in [0.5, 0.6) is 0 Å². The first-order valence-electron chi connectivity index (χ1n) is 7.55. The maximum atomic E-state index is 6.35. The van der Waals surface area contributed by atoms with Crippen LogP contribution in [0.1, 0.15) is 18.9 Å². The second-order valence-corrected chi connectivity index (χ2v) is 7.05. The summed E-state index contributed by atoms with van der Waals surface area (Å²) in [6, 6.07) is 6.38. The fourth-order valence-corrected chi connectivity index (χ4v) is 4.09. The maximum Gasteiger partial charge on any atom is 0.137 e. The summed E-state index contributed by atoms with van der Waals surface area (Å²) in [6.45, 7) is 1.93. The Bertz CT molecular complexity index is 836. The summed E-state index contributed by atoms with van der Waals surface area (Å²) in [5.41, 5.74) is 2.01. The molecule has 1 aliphatic heterocycles. The van der Waals surface area contributed by atoms with E-state index in [-0.39, 0.29) is 0 Å². The van der Waals surface area contributed by atoms with Crippen molar-refractivity contribution in [3.05, 3.63) is 46.5 Å². The van der Waals surface area contributed by atoms with Crippen LogP contribution in [-0.2, 0) is 0 Å². The Hall–Kier alpha value is -1.66. The molecule has 0 spiro atoms. The topological polar surface area (TPSA) is 46.8 Å². The lowest BCUT2D eigenvalue weighted by molar-refractivity contribution is 0.375. The fourth-order valence-electron chi connectivity index (χ4n) is 3.24. The lowest BCUT2D eigenvalue weighted by Crippen LogP contribution is -2.37. The van der Waals surface area contributed by atoms with Crippen molar-refractivity contribution in [1.82, 2.24) is 19.7 Å². The van der Waals surface area contributed by atoms with Crippen molar-refractivity contribution in [3.8, 4) is 0 Å². The van der Waals surface area contributed by atoms with Gasteiger partial charge in [0.25, 0.3) is 0 Å². The zero-order valence-electron chi connectivity index (χ0n) is 12.4. The number of hydrogen-bond donors (Lipinski definition) is 0. The van der Waals surface area contributed by atoms with Crippen LogP contribution in [0, 0.1) is 0 Å². The van der Waals surface area contributed by atoms with Crippen molar-refractivity contribution in [3.63, 3.8) is 0 Å². The van der Waals surface area contributed by atoms with E-state index in [1.807, 2.05) is 16.9 Å². The molecule has 5 nitrogen and oxygen atoms in total. The molecule has 1 atom stereocenters. The molecular weight excluding hydrogens is 378 g/mol. The van der Waals surface area contributed by atoms with Crippen molar-refractivity contribution >= 4 is 44.1 Å². The molecule has 2 aromatic heterocycles. The minimum atomic E-state index is 0.345. The molecule has 1 fully saturated rings. The smallest absolute Gasteiger partial charge is 0.137 e. The third-order valence-electron chi connectivity index (χ3n) is 4.29. The molecule has 23 heavy (non-hydrogen) atoms. The molecular formula is C16H15BrClN5. The normalized spacial score (nSPS) is 18.5. The number of nitrogens with zero attached hydrogens (tertiary/aromatic N) is 5. The van der Waals surface area contributed by atoms with Gasteiger partial charge in [-0.2, -0.15) is 5.10 Å². The average Bonchev–Trinajstić information content (AvgIpc) is 3.09. The van der Waals surface area contributed by atoms with Crippen LogP contribution >= 0.6 is 27.5 Å². The van der Waals surface area contributed by atoms with Crippen LogP contribution in [0.4, 0.5) is 5.69 Å². The zero-order chi connectivity index (χ0) is 15.8. The molecule has 4 rings (SSSR count). The number of hydrogen-bond acceptors (Lipinski definition) is 4. The van der Waals surface area contributed by atoms with Crippen LogP contribution in [0.2, 0.25) is 5.02 Å². The lowest BCUT2D eigenvalue weighted by atomic mass is 10.0. The number of halogens is 2. The minimum absolute atomic E-state index is 0.345. The van der Waals surface area contributed by atoms with Crippen LogP contribution in [0.3, 0.4) is 0 Å². The summed E-state index contributed by atoms with van der Waals surface area (Å²) in [5.74, 6) is 0. The molecule has 3 aromatic rings. The van der Waals surface area contributed by atoms with Crippen molar-refractivity contribution in [2.24, 2.45) is 0 Å². The van der Waals surface area contributed by atoms with Gasteiger partial charge in [0.1, 0.15) is 12.7 Å². The Morgan fingerprint density at radius 3 is 3.04 bits per heavy atom. The highest BCUT2D eigenvalue weighted by Crippen LogP contribution is 2.35. The third-order valence-corrected chi connectivity index (χ3v) is 5.03. The van der Waals surface area contributed by atoms with E-state index in [4.69, 9.17) is 11.6 Å². The Balaban J connectivity index is 1.74. The second-order valence-electron chi connectivity index (χ2n) is 5.73. The molecule has 1 aliphatic rings. The molecule has 0 N–H and O–H groups in total. The zero-order valence-corrected chi connectivity index (χ0v) is 14.7. The summed E-state index contributed by atoms with van der Waals surface area (Å²) < 4.78 is 2.92. The Morgan fingerprint density at radius 2 is 2.22 bits per heavy atom. The molecule has 1 saturated heterocycles. The Morgan fingerprint density at radius 1 is 1.30 bits per heavy atom. The molecule has 7 heteroatoms. The van der Waals surface area contributed by atoms with Crippen LogP contribution in [0.25, 0.3) is 10.9 Å². The summed E-state index contributed by atoms with van der Waals surface area (Å²) in [6.07, 6.45) is 7.46. The van der Waals surface area contributed by atoms with Gasteiger partial charge in [-0.15, -0.1) is 0 Å². The number of fused-ring (bicyclic) bond motifs is 1. The first-order chi connectivity index (χ1) is 11.2. The van der Waals surface area contributed by atoms with E-state index in [1.54, 1.807) is 12.7 Å². The number of piperidine rings is 1. The molecule has 1 unspecified atom stereocenters. The van der Waals surface area contributed by atoms with Gasteiger partial charge in [0, 0.05) is 34.8 Å². The molecule has 118 valence electrons. The summed E-state index contributed by atoms with van der Waals surface area (Å²) in [7, 11) is 0. The van der Waals surface area contributed by atoms with Gasteiger partial charge in [0.2, 0.25) is 0 Å². The minimum Gasteiger partial charge on any atom is -0.369 e. The molecule has 0 aliphatic carbocycles. The van der Waals surface area contributed by atoms with Gasteiger partial charge < -0.3 is 4.90 Å². The van der Waals surface area contributed by atoms with E-state index < -0.39 is 0 Å². The first-order valence-corrected chi connectivity index (χ1v) is 8.72. The van der Waals surface area contributed by atoms with Gasteiger partial charge in [-0.3, -0.25) is 4.98 Å². The second kappa shape index (κ2) is 6.09.